The molecule has 0 bridgehead atoms. The Bertz CT molecular complexity index is 603. The largest absolute Gasteiger partial charge is 0.394 e. The number of alkyl halides is 2. The number of hydroxylamine groups is 2. The van der Waals surface area contributed by atoms with Crippen LogP contribution in [-0.4, -0.2) is 101 Å². The fourth-order valence-electron chi connectivity index (χ4n) is 3.53. The van der Waals surface area contributed by atoms with E-state index in [9.17, 15) is 20.4 Å². The van der Waals surface area contributed by atoms with Crippen molar-refractivity contribution in [1.29, 1.82) is 0 Å². The van der Waals surface area contributed by atoms with Gasteiger partial charge in [0, 0.05) is 37.1 Å². The fraction of sp³-hybridized carbons (Fsp3) is 0.700. The van der Waals surface area contributed by atoms with Crippen LogP contribution < -0.4 is 4.90 Å². The lowest BCUT2D eigenvalue weighted by molar-refractivity contribution is -0.327. The maximum atomic E-state index is 10.2. The second-order valence-electron chi connectivity index (χ2n) is 7.18. The predicted molar refractivity (Wildman–Crippen MR) is 116 cm³/mol. The van der Waals surface area contributed by atoms with Gasteiger partial charge in [-0.2, -0.15) is 5.06 Å². The number of benzene rings is 1. The van der Waals surface area contributed by atoms with Crippen LogP contribution >= 0.6 is 23.2 Å². The van der Waals surface area contributed by atoms with Crippen LogP contribution in [0.15, 0.2) is 24.3 Å². The molecule has 0 amide bonds. The van der Waals surface area contributed by atoms with E-state index in [0.717, 1.165) is 30.8 Å². The van der Waals surface area contributed by atoms with Gasteiger partial charge in [-0.05, 0) is 30.5 Å². The molecule has 1 aromatic rings. The summed E-state index contributed by atoms with van der Waals surface area (Å²) in [7, 11) is 1.44. The summed E-state index contributed by atoms with van der Waals surface area (Å²) >= 11 is 11.7. The van der Waals surface area contributed by atoms with Crippen molar-refractivity contribution in [2.24, 2.45) is 0 Å². The van der Waals surface area contributed by atoms with Crippen molar-refractivity contribution in [3.05, 3.63) is 29.8 Å². The zero-order valence-corrected chi connectivity index (χ0v) is 18.6. The molecule has 1 aliphatic heterocycles. The van der Waals surface area contributed by atoms with Crippen LogP contribution in [0.4, 0.5) is 5.69 Å². The second-order valence-corrected chi connectivity index (χ2v) is 7.93. The van der Waals surface area contributed by atoms with E-state index in [1.165, 1.54) is 12.2 Å². The molecule has 172 valence electrons. The number of hydrogen-bond donors (Lipinski definition) is 4. The molecule has 1 aliphatic rings. The Kier molecular flexibility index (Phi) is 11.1. The maximum Gasteiger partial charge on any atom is 0.162 e. The quantitative estimate of drug-likeness (QED) is 0.261. The molecule has 1 fully saturated rings. The monoisotopic (exact) mass is 466 g/mol. The van der Waals surface area contributed by atoms with Gasteiger partial charge in [-0.1, -0.05) is 12.1 Å². The van der Waals surface area contributed by atoms with E-state index in [4.69, 9.17) is 32.8 Å². The Balaban J connectivity index is 1.91. The summed E-state index contributed by atoms with van der Waals surface area (Å²) in [6.07, 6.45) is -4.68. The van der Waals surface area contributed by atoms with E-state index in [1.807, 2.05) is 12.1 Å². The number of ether oxygens (including phenoxy) is 1. The van der Waals surface area contributed by atoms with E-state index in [2.05, 4.69) is 17.0 Å². The molecule has 1 heterocycles. The number of aliphatic hydroxyl groups excluding tert-OH is 4. The van der Waals surface area contributed by atoms with Gasteiger partial charge in [-0.25, -0.2) is 0 Å². The first-order valence-corrected chi connectivity index (χ1v) is 11.1. The molecular weight excluding hydrogens is 435 g/mol. The van der Waals surface area contributed by atoms with Crippen LogP contribution in [0.3, 0.4) is 0 Å². The lowest BCUT2D eigenvalue weighted by Crippen LogP contribution is -2.63. The third kappa shape index (κ3) is 6.66. The molecule has 0 radical (unpaired) electrons. The van der Waals surface area contributed by atoms with Crippen molar-refractivity contribution in [2.45, 2.75) is 43.5 Å². The van der Waals surface area contributed by atoms with Gasteiger partial charge in [0.1, 0.15) is 24.4 Å². The number of nitrogens with zero attached hydrogens (tertiary/aromatic N) is 2. The van der Waals surface area contributed by atoms with Crippen LogP contribution in [0.2, 0.25) is 0 Å². The highest BCUT2D eigenvalue weighted by Gasteiger charge is 2.45. The highest BCUT2D eigenvalue weighted by atomic mass is 35.5. The van der Waals surface area contributed by atoms with Crippen molar-refractivity contribution >= 4 is 28.9 Å². The van der Waals surface area contributed by atoms with Gasteiger partial charge in [0.25, 0.3) is 0 Å². The van der Waals surface area contributed by atoms with Gasteiger partial charge >= 0.3 is 0 Å². The first kappa shape index (κ1) is 25.6. The van der Waals surface area contributed by atoms with E-state index >= 15 is 0 Å². The number of anilines is 1. The average molecular weight is 467 g/mol. The highest BCUT2D eigenvalue weighted by Crippen LogP contribution is 2.24. The maximum absolute atomic E-state index is 10.2. The van der Waals surface area contributed by atoms with Gasteiger partial charge in [0.2, 0.25) is 0 Å². The summed E-state index contributed by atoms with van der Waals surface area (Å²) in [6, 6.07) is 8.19. The number of aliphatic hydroxyl groups is 4. The molecule has 2 rings (SSSR count). The predicted octanol–water partition coefficient (Wildman–Crippen LogP) is 0.566. The van der Waals surface area contributed by atoms with Gasteiger partial charge < -0.3 is 30.1 Å². The van der Waals surface area contributed by atoms with Crippen LogP contribution in [0, 0.1) is 0 Å². The van der Waals surface area contributed by atoms with Crippen LogP contribution in [0.25, 0.3) is 0 Å². The van der Waals surface area contributed by atoms with Gasteiger partial charge in [-0.15, -0.1) is 23.2 Å². The molecule has 1 unspecified atom stereocenters. The molecule has 8 nitrogen and oxygen atoms in total. The van der Waals surface area contributed by atoms with Crippen LogP contribution in [0.1, 0.15) is 12.0 Å². The van der Waals surface area contributed by atoms with E-state index < -0.39 is 37.3 Å². The van der Waals surface area contributed by atoms with Gasteiger partial charge in [0.05, 0.1) is 13.7 Å². The zero-order chi connectivity index (χ0) is 22.1. The fourth-order valence-corrected chi connectivity index (χ4v) is 3.94. The molecule has 0 saturated carbocycles. The summed E-state index contributed by atoms with van der Waals surface area (Å²) < 4.78 is 5.54. The Morgan fingerprint density at radius 1 is 0.967 bits per heavy atom. The van der Waals surface area contributed by atoms with Crippen LogP contribution in [-0.2, 0) is 16.0 Å². The molecule has 5 atom stereocenters. The third-order valence-electron chi connectivity index (χ3n) is 5.24. The zero-order valence-electron chi connectivity index (χ0n) is 17.1. The molecule has 30 heavy (non-hydrogen) atoms. The van der Waals surface area contributed by atoms with Gasteiger partial charge in [-0.3, -0.25) is 4.84 Å². The summed E-state index contributed by atoms with van der Waals surface area (Å²) in [6.45, 7) is 1.41. The highest BCUT2D eigenvalue weighted by molar-refractivity contribution is 6.18. The van der Waals surface area contributed by atoms with Crippen molar-refractivity contribution < 1.29 is 30.0 Å². The van der Waals surface area contributed by atoms with Crippen molar-refractivity contribution in [1.82, 2.24) is 5.06 Å². The topological polar surface area (TPSA) is 106 Å². The van der Waals surface area contributed by atoms with Gasteiger partial charge in [0.15, 0.2) is 6.23 Å². The summed E-state index contributed by atoms with van der Waals surface area (Å²) in [4.78, 5) is 7.46. The molecule has 1 aromatic carbocycles. The Hall–Kier alpha value is -0.680. The Labute approximate surface area is 187 Å². The first-order chi connectivity index (χ1) is 14.5. The van der Waals surface area contributed by atoms with E-state index in [1.54, 1.807) is 0 Å². The number of aryl methyl sites for hydroxylation is 1. The molecular formula is C20H32Cl2N2O6. The minimum Gasteiger partial charge on any atom is -0.394 e. The minimum atomic E-state index is -1.44. The normalized spacial score (nSPS) is 26.9. The molecule has 0 spiro atoms. The lowest BCUT2D eigenvalue weighted by Gasteiger charge is -2.43. The second kappa shape index (κ2) is 13.0. The number of hydrogen-bond acceptors (Lipinski definition) is 8. The lowest BCUT2D eigenvalue weighted by atomic mass is 9.98. The Morgan fingerprint density at radius 3 is 2.13 bits per heavy atom. The molecule has 1 saturated heterocycles. The minimum absolute atomic E-state index is 0.422. The Morgan fingerprint density at radius 2 is 1.60 bits per heavy atom. The van der Waals surface area contributed by atoms with E-state index in [0.29, 0.717) is 24.7 Å². The SMILES string of the molecule is CON(CCCc1ccc(N(CCCl)CCCl)cc1)C1O[C@H](CO)[C@H](O)[C@H](O)[C@H]1O. The molecule has 10 heteroatoms. The molecule has 4 N–H and O–H groups in total. The standard InChI is InChI=1S/C20H32Cl2N2O6/c1-29-24(20-19(28)18(27)17(26)16(13-25)30-20)10-2-3-14-4-6-15(7-5-14)23(11-8-21)12-9-22/h4-7,16-20,25-28H,2-3,8-13H2,1H3/t16-,17+,18+,19-,20?/m1/s1. The molecule has 0 aliphatic carbocycles. The van der Waals surface area contributed by atoms with E-state index in [-0.39, 0.29) is 0 Å². The van der Waals surface area contributed by atoms with Crippen LogP contribution in [0.5, 0.6) is 0 Å². The summed E-state index contributed by atoms with van der Waals surface area (Å²) in [5.74, 6) is 1.06. The third-order valence-corrected chi connectivity index (χ3v) is 5.58. The number of halogens is 2. The van der Waals surface area contributed by atoms with Crippen molar-refractivity contribution in [2.75, 3.05) is 50.0 Å². The number of rotatable bonds is 12. The van der Waals surface area contributed by atoms with Crippen molar-refractivity contribution in [3.8, 4) is 0 Å². The average Bonchev–Trinajstić information content (AvgIpc) is 2.76. The smallest absolute Gasteiger partial charge is 0.162 e. The first-order valence-electron chi connectivity index (χ1n) is 10.0. The van der Waals surface area contributed by atoms with Crippen molar-refractivity contribution in [3.63, 3.8) is 0 Å². The molecule has 0 aromatic heterocycles. The summed E-state index contributed by atoms with van der Waals surface area (Å²) in [5.41, 5.74) is 2.21. The summed E-state index contributed by atoms with van der Waals surface area (Å²) in [5, 5.41) is 40.9.